The number of rotatable bonds is 2. The summed E-state index contributed by atoms with van der Waals surface area (Å²) < 4.78 is 1.36. The SMILES string of the molecule is Cn1ccc(C(=O)Nc2cc(Cl)nc(Cl)n2)cc1=O. The Morgan fingerprint density at radius 1 is 1.32 bits per heavy atom. The zero-order valence-corrected chi connectivity index (χ0v) is 11.2. The lowest BCUT2D eigenvalue weighted by Gasteiger charge is -2.05. The Hall–Kier alpha value is -1.92. The molecule has 1 amide bonds. The van der Waals surface area contributed by atoms with Crippen LogP contribution in [0.1, 0.15) is 10.4 Å². The van der Waals surface area contributed by atoms with Crippen molar-refractivity contribution in [3.8, 4) is 0 Å². The molecule has 0 saturated carbocycles. The van der Waals surface area contributed by atoms with E-state index < -0.39 is 5.91 Å². The normalized spacial score (nSPS) is 10.3. The quantitative estimate of drug-likeness (QED) is 0.677. The second kappa shape index (κ2) is 5.38. The summed E-state index contributed by atoms with van der Waals surface area (Å²) in [5.74, 6) is -0.320. The van der Waals surface area contributed by atoms with Crippen molar-refractivity contribution < 1.29 is 4.79 Å². The summed E-state index contributed by atoms with van der Waals surface area (Å²) in [4.78, 5) is 30.8. The highest BCUT2D eigenvalue weighted by atomic mass is 35.5. The number of halogens is 2. The van der Waals surface area contributed by atoms with E-state index in [0.717, 1.165) is 0 Å². The van der Waals surface area contributed by atoms with Crippen molar-refractivity contribution in [2.45, 2.75) is 0 Å². The predicted molar refractivity (Wildman–Crippen MR) is 71.7 cm³/mol. The van der Waals surface area contributed by atoms with Crippen LogP contribution in [-0.4, -0.2) is 20.4 Å². The summed E-state index contributed by atoms with van der Waals surface area (Å²) in [6, 6.07) is 4.09. The van der Waals surface area contributed by atoms with E-state index in [1.165, 1.54) is 29.0 Å². The highest BCUT2D eigenvalue weighted by molar-refractivity contribution is 6.32. The van der Waals surface area contributed by atoms with Crippen LogP contribution in [-0.2, 0) is 7.05 Å². The summed E-state index contributed by atoms with van der Waals surface area (Å²) in [6.45, 7) is 0. The summed E-state index contributed by atoms with van der Waals surface area (Å²) >= 11 is 11.3. The maximum absolute atomic E-state index is 11.9. The number of amides is 1. The second-order valence-corrected chi connectivity index (χ2v) is 4.39. The minimum Gasteiger partial charge on any atom is -0.319 e. The van der Waals surface area contributed by atoms with Crippen LogP contribution in [0, 0.1) is 0 Å². The smallest absolute Gasteiger partial charge is 0.257 e. The molecular formula is C11H8Cl2N4O2. The third-order valence-corrected chi connectivity index (χ3v) is 2.64. The molecule has 0 fully saturated rings. The fraction of sp³-hybridized carbons (Fsp3) is 0.0909. The number of hydrogen-bond donors (Lipinski definition) is 1. The van der Waals surface area contributed by atoms with Gasteiger partial charge in [0.05, 0.1) is 0 Å². The number of carbonyl (C=O) groups excluding carboxylic acids is 1. The van der Waals surface area contributed by atoms with E-state index in [4.69, 9.17) is 23.2 Å². The van der Waals surface area contributed by atoms with E-state index in [1.807, 2.05) is 0 Å². The number of anilines is 1. The molecule has 2 aromatic heterocycles. The zero-order chi connectivity index (χ0) is 14.0. The number of nitrogens with zero attached hydrogens (tertiary/aromatic N) is 3. The van der Waals surface area contributed by atoms with E-state index in [0.29, 0.717) is 0 Å². The summed E-state index contributed by atoms with van der Waals surface area (Å²) in [7, 11) is 1.59. The van der Waals surface area contributed by atoms with Gasteiger partial charge in [0.15, 0.2) is 0 Å². The topological polar surface area (TPSA) is 76.9 Å². The van der Waals surface area contributed by atoms with Crippen molar-refractivity contribution in [3.05, 3.63) is 50.7 Å². The first-order valence-corrected chi connectivity index (χ1v) is 5.89. The highest BCUT2D eigenvalue weighted by Gasteiger charge is 2.09. The molecule has 2 heterocycles. The fourth-order valence-electron chi connectivity index (χ4n) is 1.33. The number of aryl methyl sites for hydroxylation is 1. The van der Waals surface area contributed by atoms with Gasteiger partial charge in [-0.25, -0.2) is 9.97 Å². The van der Waals surface area contributed by atoms with Gasteiger partial charge in [-0.1, -0.05) is 11.6 Å². The summed E-state index contributed by atoms with van der Waals surface area (Å²) in [6.07, 6.45) is 1.50. The van der Waals surface area contributed by atoms with E-state index in [9.17, 15) is 9.59 Å². The fourth-order valence-corrected chi connectivity index (χ4v) is 1.74. The van der Waals surface area contributed by atoms with Crippen LogP contribution in [0.25, 0.3) is 0 Å². The third kappa shape index (κ3) is 3.30. The van der Waals surface area contributed by atoms with Gasteiger partial charge in [-0.05, 0) is 17.7 Å². The van der Waals surface area contributed by atoms with Crippen molar-refractivity contribution in [3.63, 3.8) is 0 Å². The lowest BCUT2D eigenvalue weighted by atomic mass is 10.2. The van der Waals surface area contributed by atoms with Crippen molar-refractivity contribution in [2.75, 3.05) is 5.32 Å². The lowest BCUT2D eigenvalue weighted by molar-refractivity contribution is 0.102. The van der Waals surface area contributed by atoms with Gasteiger partial charge in [0, 0.05) is 30.9 Å². The van der Waals surface area contributed by atoms with Crippen LogP contribution < -0.4 is 10.9 Å². The molecule has 0 aliphatic heterocycles. The van der Waals surface area contributed by atoms with Gasteiger partial charge in [0.1, 0.15) is 11.0 Å². The third-order valence-electron chi connectivity index (χ3n) is 2.28. The molecule has 0 radical (unpaired) electrons. The summed E-state index contributed by atoms with van der Waals surface area (Å²) in [5.41, 5.74) is -0.0691. The molecule has 0 aliphatic carbocycles. The Morgan fingerprint density at radius 3 is 2.68 bits per heavy atom. The largest absolute Gasteiger partial charge is 0.319 e. The predicted octanol–water partition coefficient (Wildman–Crippen LogP) is 1.73. The standard InChI is InChI=1S/C11H8Cl2N4O2/c1-17-3-2-6(4-9(17)18)10(19)15-8-5-7(12)14-11(13)16-8/h2-5H,1H3,(H,14,15,16,19). The molecule has 6 nitrogen and oxygen atoms in total. The molecule has 0 saturated heterocycles. The Labute approximate surface area is 118 Å². The molecule has 0 aromatic carbocycles. The van der Waals surface area contributed by atoms with Crippen LogP contribution in [0.15, 0.2) is 29.2 Å². The van der Waals surface area contributed by atoms with Gasteiger partial charge in [0.2, 0.25) is 5.28 Å². The van der Waals surface area contributed by atoms with Crippen LogP contribution >= 0.6 is 23.2 Å². The van der Waals surface area contributed by atoms with Gasteiger partial charge in [-0.2, -0.15) is 0 Å². The van der Waals surface area contributed by atoms with Crippen molar-refractivity contribution in [1.29, 1.82) is 0 Å². The first-order chi connectivity index (χ1) is 8.95. The van der Waals surface area contributed by atoms with Gasteiger partial charge >= 0.3 is 0 Å². The molecule has 0 bridgehead atoms. The second-order valence-electron chi connectivity index (χ2n) is 3.66. The summed E-state index contributed by atoms with van der Waals surface area (Å²) in [5, 5.41) is 2.51. The first-order valence-electron chi connectivity index (χ1n) is 5.14. The molecular weight excluding hydrogens is 291 g/mol. The highest BCUT2D eigenvalue weighted by Crippen LogP contribution is 2.14. The molecule has 2 rings (SSSR count). The average molecular weight is 299 g/mol. The van der Waals surface area contributed by atoms with Gasteiger partial charge in [-0.3, -0.25) is 9.59 Å². The minimum atomic E-state index is -0.483. The van der Waals surface area contributed by atoms with E-state index in [2.05, 4.69) is 15.3 Å². The Bertz CT molecular complexity index is 679. The van der Waals surface area contributed by atoms with Gasteiger partial charge in [-0.15, -0.1) is 0 Å². The number of carbonyl (C=O) groups is 1. The molecule has 1 N–H and O–H groups in total. The first kappa shape index (κ1) is 13.5. The number of nitrogens with one attached hydrogen (secondary N) is 1. The van der Waals surface area contributed by atoms with Crippen LogP contribution in [0.5, 0.6) is 0 Å². The Kier molecular flexibility index (Phi) is 3.82. The monoisotopic (exact) mass is 298 g/mol. The van der Waals surface area contributed by atoms with E-state index in [-0.39, 0.29) is 27.4 Å². The lowest BCUT2D eigenvalue weighted by Crippen LogP contribution is -2.20. The zero-order valence-electron chi connectivity index (χ0n) is 9.72. The molecule has 8 heteroatoms. The van der Waals surface area contributed by atoms with Crippen LogP contribution in [0.2, 0.25) is 10.4 Å². The minimum absolute atomic E-state index is 0.0771. The molecule has 0 atom stereocenters. The number of pyridine rings is 1. The molecule has 0 unspecified atom stereocenters. The average Bonchev–Trinajstić information content (AvgIpc) is 2.31. The maximum atomic E-state index is 11.9. The number of hydrogen-bond acceptors (Lipinski definition) is 4. The number of aromatic nitrogens is 3. The van der Waals surface area contributed by atoms with Gasteiger partial charge in [0.25, 0.3) is 11.5 Å². The molecule has 19 heavy (non-hydrogen) atoms. The van der Waals surface area contributed by atoms with Crippen molar-refractivity contribution >= 4 is 34.9 Å². The molecule has 2 aromatic rings. The maximum Gasteiger partial charge on any atom is 0.257 e. The molecule has 0 spiro atoms. The van der Waals surface area contributed by atoms with E-state index in [1.54, 1.807) is 7.05 Å². The van der Waals surface area contributed by atoms with Crippen LogP contribution in [0.3, 0.4) is 0 Å². The Balaban J connectivity index is 2.25. The van der Waals surface area contributed by atoms with Crippen molar-refractivity contribution in [1.82, 2.24) is 14.5 Å². The van der Waals surface area contributed by atoms with Gasteiger partial charge < -0.3 is 9.88 Å². The van der Waals surface area contributed by atoms with E-state index >= 15 is 0 Å². The Morgan fingerprint density at radius 2 is 2.05 bits per heavy atom. The molecule has 0 aliphatic rings. The molecule has 98 valence electrons. The van der Waals surface area contributed by atoms with Crippen LogP contribution in [0.4, 0.5) is 5.82 Å². The van der Waals surface area contributed by atoms with Crippen molar-refractivity contribution in [2.24, 2.45) is 7.05 Å².